The van der Waals surface area contributed by atoms with Gasteiger partial charge in [0.2, 0.25) is 0 Å². The standard InChI is InChI=1S/C30H36N2O7S/c1-18(33)36-26-23(14-19-8-10-20(11-9-19)21-12-13-25-22(15-21)31-17-40-25)32(27(34)38-29(2,3)4)16-24(26)37-28(35)39-30(5,6)7/h8-13,15,17,23-24,26H,14,16H2,1-7H3/t23-,24+,26+/m1/s1. The molecule has 0 N–H and O–H groups in total. The molecular formula is C30H36N2O7S. The lowest BCUT2D eigenvalue weighted by Gasteiger charge is -2.30. The summed E-state index contributed by atoms with van der Waals surface area (Å²) in [6.07, 6.45) is -2.99. The van der Waals surface area contributed by atoms with Crippen LogP contribution >= 0.6 is 11.3 Å². The smallest absolute Gasteiger partial charge is 0.456 e. The van der Waals surface area contributed by atoms with Gasteiger partial charge in [0.15, 0.2) is 12.2 Å². The van der Waals surface area contributed by atoms with Gasteiger partial charge in [0.25, 0.3) is 0 Å². The van der Waals surface area contributed by atoms with Gasteiger partial charge in [-0.05, 0) is 76.8 Å². The molecule has 1 fully saturated rings. The van der Waals surface area contributed by atoms with Gasteiger partial charge < -0.3 is 18.9 Å². The molecular weight excluding hydrogens is 532 g/mol. The number of amides is 1. The Kier molecular flexibility index (Phi) is 8.39. The first-order valence-electron chi connectivity index (χ1n) is 13.2. The van der Waals surface area contributed by atoms with Crippen molar-refractivity contribution >= 4 is 39.8 Å². The maximum Gasteiger partial charge on any atom is 0.509 e. The first-order valence-corrected chi connectivity index (χ1v) is 14.1. The lowest BCUT2D eigenvalue weighted by Crippen LogP contribution is -2.45. The van der Waals surface area contributed by atoms with Crippen LogP contribution in [0.2, 0.25) is 0 Å². The van der Waals surface area contributed by atoms with Crippen LogP contribution in [-0.4, -0.2) is 64.1 Å². The van der Waals surface area contributed by atoms with Crippen LogP contribution in [0.15, 0.2) is 48.0 Å². The maximum atomic E-state index is 13.3. The quantitative estimate of drug-likeness (QED) is 0.258. The minimum absolute atomic E-state index is 0.0114. The summed E-state index contributed by atoms with van der Waals surface area (Å²) in [4.78, 5) is 43.8. The molecule has 40 heavy (non-hydrogen) atoms. The summed E-state index contributed by atoms with van der Waals surface area (Å²) in [5.41, 5.74) is 4.24. The van der Waals surface area contributed by atoms with E-state index in [0.717, 1.165) is 26.9 Å². The van der Waals surface area contributed by atoms with Gasteiger partial charge >= 0.3 is 18.2 Å². The van der Waals surface area contributed by atoms with Crippen molar-refractivity contribution in [3.63, 3.8) is 0 Å². The van der Waals surface area contributed by atoms with Gasteiger partial charge in [-0.2, -0.15) is 0 Å². The van der Waals surface area contributed by atoms with Gasteiger partial charge in [0.05, 0.1) is 28.3 Å². The SMILES string of the molecule is CC(=O)O[C@@H]1[C@@H](OC(=O)OC(C)(C)C)CN(C(=O)OC(C)(C)C)[C@@H]1Cc1ccc(-c2ccc3scnc3c2)cc1. The summed E-state index contributed by atoms with van der Waals surface area (Å²) < 4.78 is 23.3. The van der Waals surface area contributed by atoms with Crippen molar-refractivity contribution in [2.45, 2.75) is 84.3 Å². The van der Waals surface area contributed by atoms with E-state index in [9.17, 15) is 14.4 Å². The normalized spacial score (nSPS) is 19.4. The highest BCUT2D eigenvalue weighted by Crippen LogP contribution is 2.31. The average Bonchev–Trinajstić information content (AvgIpc) is 3.42. The van der Waals surface area contributed by atoms with E-state index in [1.807, 2.05) is 29.8 Å². The number of thiazole rings is 1. The van der Waals surface area contributed by atoms with Crippen LogP contribution in [-0.2, 0) is 30.2 Å². The molecule has 0 saturated carbocycles. The lowest BCUT2D eigenvalue weighted by molar-refractivity contribution is -0.153. The molecule has 0 unspecified atom stereocenters. The third kappa shape index (κ3) is 7.50. The van der Waals surface area contributed by atoms with E-state index in [4.69, 9.17) is 18.9 Å². The number of carbonyl (C=O) groups excluding carboxylic acids is 3. The number of likely N-dealkylation sites (tertiary alicyclic amines) is 1. The number of ether oxygens (including phenoxy) is 4. The van der Waals surface area contributed by atoms with E-state index in [2.05, 4.69) is 23.2 Å². The monoisotopic (exact) mass is 568 g/mol. The van der Waals surface area contributed by atoms with Crippen molar-refractivity contribution in [1.29, 1.82) is 0 Å². The molecule has 2 heterocycles. The Hall–Kier alpha value is -3.66. The Morgan fingerprint density at radius 1 is 0.925 bits per heavy atom. The Labute approximate surface area is 238 Å². The minimum atomic E-state index is -0.930. The minimum Gasteiger partial charge on any atom is -0.456 e. The second-order valence-corrected chi connectivity index (χ2v) is 12.7. The fraction of sp³-hybridized carbons (Fsp3) is 0.467. The zero-order valence-electron chi connectivity index (χ0n) is 23.9. The van der Waals surface area contributed by atoms with E-state index in [1.54, 1.807) is 52.9 Å². The second kappa shape index (κ2) is 11.4. The molecule has 0 spiro atoms. The van der Waals surface area contributed by atoms with Gasteiger partial charge in [0, 0.05) is 6.92 Å². The fourth-order valence-corrected chi connectivity index (χ4v) is 5.23. The number of hydrogen-bond acceptors (Lipinski definition) is 9. The molecule has 4 rings (SSSR count). The molecule has 214 valence electrons. The fourth-order valence-electron chi connectivity index (χ4n) is 4.58. The van der Waals surface area contributed by atoms with Gasteiger partial charge in [-0.25, -0.2) is 14.6 Å². The van der Waals surface area contributed by atoms with Crippen LogP contribution in [0.25, 0.3) is 21.3 Å². The molecule has 3 atom stereocenters. The van der Waals surface area contributed by atoms with Crippen LogP contribution in [0.5, 0.6) is 0 Å². The number of carbonyl (C=O) groups is 3. The van der Waals surface area contributed by atoms with Crippen LogP contribution in [0.3, 0.4) is 0 Å². The Morgan fingerprint density at radius 2 is 1.57 bits per heavy atom. The largest absolute Gasteiger partial charge is 0.509 e. The number of fused-ring (bicyclic) bond motifs is 1. The number of esters is 1. The highest BCUT2D eigenvalue weighted by molar-refractivity contribution is 7.16. The Bertz CT molecular complexity index is 1370. The van der Waals surface area contributed by atoms with Crippen LogP contribution in [0.1, 0.15) is 54.0 Å². The zero-order valence-corrected chi connectivity index (χ0v) is 24.7. The molecule has 1 amide bonds. The van der Waals surface area contributed by atoms with Crippen molar-refractivity contribution in [2.24, 2.45) is 0 Å². The highest BCUT2D eigenvalue weighted by Gasteiger charge is 2.49. The van der Waals surface area contributed by atoms with E-state index < -0.39 is 47.7 Å². The Morgan fingerprint density at radius 3 is 2.20 bits per heavy atom. The van der Waals surface area contributed by atoms with Gasteiger partial charge in [-0.15, -0.1) is 11.3 Å². The van der Waals surface area contributed by atoms with Crippen molar-refractivity contribution < 1.29 is 33.3 Å². The Balaban J connectivity index is 1.60. The molecule has 1 aliphatic rings. The summed E-state index contributed by atoms with van der Waals surface area (Å²) in [6, 6.07) is 13.5. The summed E-state index contributed by atoms with van der Waals surface area (Å²) in [5, 5.41) is 0. The molecule has 3 aromatic rings. The van der Waals surface area contributed by atoms with Crippen LogP contribution in [0.4, 0.5) is 9.59 Å². The number of hydrogen-bond donors (Lipinski definition) is 0. The van der Waals surface area contributed by atoms with Crippen molar-refractivity contribution in [2.75, 3.05) is 6.54 Å². The van der Waals surface area contributed by atoms with Crippen LogP contribution < -0.4 is 0 Å². The van der Waals surface area contributed by atoms with Gasteiger partial charge in [-0.3, -0.25) is 9.69 Å². The van der Waals surface area contributed by atoms with E-state index in [1.165, 1.54) is 11.8 Å². The average molecular weight is 569 g/mol. The number of aromatic nitrogens is 1. The van der Waals surface area contributed by atoms with Crippen molar-refractivity contribution in [3.05, 3.63) is 53.5 Å². The molecule has 9 nitrogen and oxygen atoms in total. The number of rotatable bonds is 5. The maximum absolute atomic E-state index is 13.3. The van der Waals surface area contributed by atoms with Crippen LogP contribution in [0, 0.1) is 0 Å². The van der Waals surface area contributed by atoms with Gasteiger partial charge in [0.1, 0.15) is 11.2 Å². The summed E-state index contributed by atoms with van der Waals surface area (Å²) in [6.45, 7) is 11.8. The number of benzene rings is 2. The molecule has 1 aromatic heterocycles. The molecule has 10 heteroatoms. The lowest BCUT2D eigenvalue weighted by atomic mass is 9.98. The molecule has 0 bridgehead atoms. The number of nitrogens with zero attached hydrogens (tertiary/aromatic N) is 2. The predicted octanol–water partition coefficient (Wildman–Crippen LogP) is 6.38. The predicted molar refractivity (Wildman–Crippen MR) is 152 cm³/mol. The second-order valence-electron chi connectivity index (χ2n) is 11.8. The summed E-state index contributed by atoms with van der Waals surface area (Å²) in [5.74, 6) is -0.549. The topological polar surface area (TPSA) is 104 Å². The first-order chi connectivity index (χ1) is 18.7. The molecule has 2 aromatic carbocycles. The third-order valence-electron chi connectivity index (χ3n) is 6.15. The summed E-state index contributed by atoms with van der Waals surface area (Å²) >= 11 is 1.60. The first kappa shape index (κ1) is 29.3. The van der Waals surface area contributed by atoms with Crippen molar-refractivity contribution in [1.82, 2.24) is 9.88 Å². The van der Waals surface area contributed by atoms with E-state index >= 15 is 0 Å². The van der Waals surface area contributed by atoms with Crippen molar-refractivity contribution in [3.8, 4) is 11.1 Å². The molecule has 0 aliphatic carbocycles. The highest BCUT2D eigenvalue weighted by atomic mass is 32.1. The molecule has 0 radical (unpaired) electrons. The third-order valence-corrected chi connectivity index (χ3v) is 6.96. The van der Waals surface area contributed by atoms with Gasteiger partial charge in [-0.1, -0.05) is 30.3 Å². The molecule has 1 aliphatic heterocycles. The molecule has 1 saturated heterocycles. The van der Waals surface area contributed by atoms with E-state index in [-0.39, 0.29) is 6.54 Å². The van der Waals surface area contributed by atoms with E-state index in [0.29, 0.717) is 6.42 Å². The zero-order chi connectivity index (χ0) is 29.2. The summed E-state index contributed by atoms with van der Waals surface area (Å²) in [7, 11) is 0.